The van der Waals surface area contributed by atoms with Crippen molar-refractivity contribution < 1.29 is 13.2 Å². The van der Waals surface area contributed by atoms with Gasteiger partial charge in [-0.05, 0) is 24.6 Å². The fraction of sp³-hybridized carbons (Fsp3) is 0.500. The number of hydrogen-bond donors (Lipinski definition) is 1. The third-order valence-corrected chi connectivity index (χ3v) is 4.84. The van der Waals surface area contributed by atoms with Crippen LogP contribution in [0.5, 0.6) is 0 Å². The number of amides is 1. The Morgan fingerprint density at radius 1 is 1.19 bits per heavy atom. The summed E-state index contributed by atoms with van der Waals surface area (Å²) in [7, 11) is 2.85. The summed E-state index contributed by atoms with van der Waals surface area (Å²) in [6.07, 6.45) is 0.824. The van der Waals surface area contributed by atoms with Crippen LogP contribution in [0.25, 0.3) is 0 Å². The molecule has 0 saturated carbocycles. The van der Waals surface area contributed by atoms with Crippen LogP contribution < -0.4 is 10.2 Å². The second-order valence-electron chi connectivity index (χ2n) is 5.12. The molecule has 0 aromatic heterocycles. The van der Waals surface area contributed by atoms with Gasteiger partial charge < -0.3 is 10.2 Å². The van der Waals surface area contributed by atoms with E-state index in [2.05, 4.69) is 5.32 Å². The predicted octanol–water partition coefficient (Wildman–Crippen LogP) is 1.14. The van der Waals surface area contributed by atoms with Gasteiger partial charge in [-0.2, -0.15) is 0 Å². The first-order chi connectivity index (χ1) is 9.71. The van der Waals surface area contributed by atoms with Crippen molar-refractivity contribution in [1.29, 1.82) is 0 Å². The van der Waals surface area contributed by atoms with E-state index in [-0.39, 0.29) is 10.8 Å². The maximum absolute atomic E-state index is 12.4. The van der Waals surface area contributed by atoms with E-state index in [1.807, 2.05) is 6.92 Å². The van der Waals surface area contributed by atoms with Gasteiger partial charge in [0.2, 0.25) is 10.0 Å². The summed E-state index contributed by atoms with van der Waals surface area (Å²) < 4.78 is 26.0. The van der Waals surface area contributed by atoms with Crippen LogP contribution in [0.15, 0.2) is 23.1 Å². The number of carbonyl (C=O) groups is 1. The number of nitrogens with zero attached hydrogens (tertiary/aromatic N) is 2. The second-order valence-corrected chi connectivity index (χ2v) is 7.24. The molecule has 0 unspecified atom stereocenters. The third-order valence-electron chi connectivity index (χ3n) is 3.00. The minimum Gasteiger partial charge on any atom is -0.377 e. The van der Waals surface area contributed by atoms with Gasteiger partial charge in [-0.15, -0.1) is 0 Å². The average Bonchev–Trinajstić information content (AvgIpc) is 2.43. The molecule has 6 nitrogen and oxygen atoms in total. The first-order valence-electron chi connectivity index (χ1n) is 6.74. The van der Waals surface area contributed by atoms with E-state index in [1.165, 1.54) is 20.2 Å². The van der Waals surface area contributed by atoms with E-state index in [1.54, 1.807) is 31.1 Å². The van der Waals surface area contributed by atoms with Gasteiger partial charge >= 0.3 is 0 Å². The molecule has 7 heteroatoms. The topological polar surface area (TPSA) is 69.7 Å². The maximum atomic E-state index is 12.4. The van der Waals surface area contributed by atoms with Gasteiger partial charge in [0.25, 0.3) is 5.91 Å². The lowest BCUT2D eigenvalue weighted by molar-refractivity contribution is 0.0953. The SMILES string of the molecule is CCCNC(=O)c1ccc(N(C)C)c(S(=O)(=O)N(C)C)c1. The molecule has 1 aromatic rings. The van der Waals surface area contributed by atoms with Crippen LogP contribution in [0.3, 0.4) is 0 Å². The smallest absolute Gasteiger partial charge is 0.251 e. The predicted molar refractivity (Wildman–Crippen MR) is 84.3 cm³/mol. The quantitative estimate of drug-likeness (QED) is 0.855. The Morgan fingerprint density at radius 3 is 2.29 bits per heavy atom. The van der Waals surface area contributed by atoms with Gasteiger partial charge in [0, 0.05) is 40.3 Å². The lowest BCUT2D eigenvalue weighted by atomic mass is 10.2. The summed E-state index contributed by atoms with van der Waals surface area (Å²) in [6.45, 7) is 2.52. The van der Waals surface area contributed by atoms with Crippen molar-refractivity contribution in [1.82, 2.24) is 9.62 Å². The van der Waals surface area contributed by atoms with E-state index in [0.717, 1.165) is 10.7 Å². The molecule has 0 heterocycles. The molecule has 0 aliphatic carbocycles. The van der Waals surface area contributed by atoms with E-state index < -0.39 is 10.0 Å². The number of anilines is 1. The summed E-state index contributed by atoms with van der Waals surface area (Å²) in [5.74, 6) is -0.266. The molecule has 0 spiro atoms. The summed E-state index contributed by atoms with van der Waals surface area (Å²) >= 11 is 0. The number of nitrogens with one attached hydrogen (secondary N) is 1. The van der Waals surface area contributed by atoms with Crippen LogP contribution >= 0.6 is 0 Å². The lowest BCUT2D eigenvalue weighted by Gasteiger charge is -2.20. The van der Waals surface area contributed by atoms with Crippen LogP contribution in [-0.2, 0) is 10.0 Å². The molecule has 0 atom stereocenters. The van der Waals surface area contributed by atoms with Crippen molar-refractivity contribution >= 4 is 21.6 Å². The fourth-order valence-corrected chi connectivity index (χ4v) is 2.95. The molecule has 0 fully saturated rings. The zero-order valence-corrected chi connectivity index (χ0v) is 14.0. The summed E-state index contributed by atoms with van der Waals surface area (Å²) in [5, 5.41) is 2.74. The van der Waals surface area contributed by atoms with E-state index >= 15 is 0 Å². The number of hydrogen-bond acceptors (Lipinski definition) is 4. The van der Waals surface area contributed by atoms with Gasteiger partial charge in [0.15, 0.2) is 0 Å². The lowest BCUT2D eigenvalue weighted by Crippen LogP contribution is -2.27. The van der Waals surface area contributed by atoms with Gasteiger partial charge in [0.05, 0.1) is 5.69 Å². The molecule has 0 saturated heterocycles. The van der Waals surface area contributed by atoms with Crippen molar-refractivity contribution in [2.24, 2.45) is 0 Å². The molecule has 0 radical (unpaired) electrons. The molecule has 1 rings (SSSR count). The zero-order valence-electron chi connectivity index (χ0n) is 13.2. The Kier molecular flexibility index (Phi) is 5.74. The largest absolute Gasteiger partial charge is 0.377 e. The molecule has 0 bridgehead atoms. The van der Waals surface area contributed by atoms with Gasteiger partial charge in [-0.25, -0.2) is 12.7 Å². The Bertz CT molecular complexity index is 610. The maximum Gasteiger partial charge on any atom is 0.251 e. The molecule has 0 aliphatic heterocycles. The molecular weight excluding hydrogens is 290 g/mol. The number of sulfonamides is 1. The second kappa shape index (κ2) is 6.91. The standard InChI is InChI=1S/C14H23N3O3S/c1-6-9-15-14(18)11-7-8-12(16(2)3)13(10-11)21(19,20)17(4)5/h7-8,10H,6,9H2,1-5H3,(H,15,18). The molecule has 1 aromatic carbocycles. The monoisotopic (exact) mass is 313 g/mol. The highest BCUT2D eigenvalue weighted by Crippen LogP contribution is 2.27. The van der Waals surface area contributed by atoms with Crippen LogP contribution in [0.4, 0.5) is 5.69 Å². The number of carbonyl (C=O) groups excluding carboxylic acids is 1. The molecule has 0 aliphatic rings. The third kappa shape index (κ3) is 3.95. The van der Waals surface area contributed by atoms with Crippen molar-refractivity contribution in [3.8, 4) is 0 Å². The Labute approximate surface area is 126 Å². The first-order valence-corrected chi connectivity index (χ1v) is 8.18. The van der Waals surface area contributed by atoms with E-state index in [0.29, 0.717) is 17.8 Å². The van der Waals surface area contributed by atoms with Crippen LogP contribution in [0.2, 0.25) is 0 Å². The average molecular weight is 313 g/mol. The Morgan fingerprint density at radius 2 is 1.81 bits per heavy atom. The highest BCUT2D eigenvalue weighted by molar-refractivity contribution is 7.89. The highest BCUT2D eigenvalue weighted by Gasteiger charge is 2.23. The Hall–Kier alpha value is -1.60. The Balaban J connectivity index is 3.35. The summed E-state index contributed by atoms with van der Waals surface area (Å²) in [4.78, 5) is 13.8. The van der Waals surface area contributed by atoms with Crippen molar-refractivity contribution in [3.05, 3.63) is 23.8 Å². The van der Waals surface area contributed by atoms with Gasteiger partial charge in [-0.1, -0.05) is 6.92 Å². The minimum atomic E-state index is -3.62. The van der Waals surface area contributed by atoms with Crippen LogP contribution in [0, 0.1) is 0 Å². The van der Waals surface area contributed by atoms with Crippen LogP contribution in [-0.4, -0.2) is 53.4 Å². The summed E-state index contributed by atoms with van der Waals surface area (Å²) in [5.41, 5.74) is 0.894. The first kappa shape index (κ1) is 17.5. The minimum absolute atomic E-state index is 0.127. The van der Waals surface area contributed by atoms with Gasteiger partial charge in [-0.3, -0.25) is 4.79 Å². The van der Waals surface area contributed by atoms with Gasteiger partial charge in [0.1, 0.15) is 4.90 Å². The highest BCUT2D eigenvalue weighted by atomic mass is 32.2. The summed E-state index contributed by atoms with van der Waals surface area (Å²) in [6, 6.07) is 4.71. The van der Waals surface area contributed by atoms with Crippen LogP contribution in [0.1, 0.15) is 23.7 Å². The molecule has 118 valence electrons. The normalized spacial score (nSPS) is 11.5. The van der Waals surface area contributed by atoms with Crippen molar-refractivity contribution in [2.45, 2.75) is 18.2 Å². The number of rotatable bonds is 6. The zero-order chi connectivity index (χ0) is 16.2. The van der Waals surface area contributed by atoms with Crippen molar-refractivity contribution in [2.75, 3.05) is 39.6 Å². The molecular formula is C14H23N3O3S. The molecule has 21 heavy (non-hydrogen) atoms. The fourth-order valence-electron chi connectivity index (χ4n) is 1.77. The number of benzene rings is 1. The van der Waals surface area contributed by atoms with E-state index in [9.17, 15) is 13.2 Å². The molecule has 1 amide bonds. The van der Waals surface area contributed by atoms with Crippen molar-refractivity contribution in [3.63, 3.8) is 0 Å². The molecule has 1 N–H and O–H groups in total. The van der Waals surface area contributed by atoms with E-state index in [4.69, 9.17) is 0 Å².